The molecule has 0 radical (unpaired) electrons. The first-order chi connectivity index (χ1) is 15.4. The quantitative estimate of drug-likeness (QED) is 0.282. The van der Waals surface area contributed by atoms with Crippen LogP contribution in [0.4, 0.5) is 5.69 Å². The first-order valence-corrected chi connectivity index (χ1v) is 9.79. The number of non-ortho nitro benzene ring substituents is 1. The van der Waals surface area contributed by atoms with Crippen molar-refractivity contribution in [3.8, 4) is 23.3 Å². The average Bonchev–Trinajstić information content (AvgIpc) is 2.79. The largest absolute Gasteiger partial charge is 0.391 e. The van der Waals surface area contributed by atoms with Crippen LogP contribution in [-0.4, -0.2) is 16.1 Å². The molecule has 3 aromatic rings. The summed E-state index contributed by atoms with van der Waals surface area (Å²) in [4.78, 5) is 19.9. The number of benzene rings is 2. The summed E-state index contributed by atoms with van der Waals surface area (Å²) >= 11 is 5.97. The van der Waals surface area contributed by atoms with Gasteiger partial charge in [-0.2, -0.15) is 10.5 Å². The molecule has 0 N–H and O–H groups in total. The number of nitriles is 2. The van der Waals surface area contributed by atoms with Gasteiger partial charge in [0, 0.05) is 35.4 Å². The summed E-state index contributed by atoms with van der Waals surface area (Å²) in [5.41, 5.74) is 3.52. The van der Waals surface area contributed by atoms with E-state index in [-0.39, 0.29) is 24.3 Å². The number of oxime groups is 1. The molecule has 158 valence electrons. The van der Waals surface area contributed by atoms with Gasteiger partial charge in [0.15, 0.2) is 0 Å². The van der Waals surface area contributed by atoms with Gasteiger partial charge in [0.2, 0.25) is 0 Å². The van der Waals surface area contributed by atoms with Gasteiger partial charge in [-0.25, -0.2) is 0 Å². The summed E-state index contributed by atoms with van der Waals surface area (Å²) < 4.78 is 0. The van der Waals surface area contributed by atoms with Crippen LogP contribution in [0, 0.1) is 39.7 Å². The topological polar surface area (TPSA) is 125 Å². The van der Waals surface area contributed by atoms with Gasteiger partial charge in [-0.05, 0) is 42.3 Å². The maximum atomic E-state index is 10.7. The molecule has 1 heterocycles. The Kier molecular flexibility index (Phi) is 7.12. The molecule has 0 amide bonds. The van der Waals surface area contributed by atoms with Gasteiger partial charge in [0.05, 0.1) is 27.4 Å². The van der Waals surface area contributed by atoms with E-state index >= 15 is 0 Å². The van der Waals surface area contributed by atoms with Gasteiger partial charge in [-0.3, -0.25) is 15.1 Å². The number of hydrogen-bond acceptors (Lipinski definition) is 7. The van der Waals surface area contributed by atoms with Crippen molar-refractivity contribution in [1.29, 1.82) is 10.5 Å². The van der Waals surface area contributed by atoms with E-state index in [1.54, 1.807) is 43.3 Å². The Labute approximate surface area is 189 Å². The van der Waals surface area contributed by atoms with E-state index < -0.39 is 4.92 Å². The van der Waals surface area contributed by atoms with Crippen LogP contribution in [0.1, 0.15) is 28.1 Å². The minimum atomic E-state index is -0.472. The molecule has 1 aromatic heterocycles. The van der Waals surface area contributed by atoms with Gasteiger partial charge in [-0.15, -0.1) is 0 Å². The van der Waals surface area contributed by atoms with Crippen molar-refractivity contribution >= 4 is 23.5 Å². The van der Waals surface area contributed by atoms with Crippen LogP contribution in [0.3, 0.4) is 0 Å². The van der Waals surface area contributed by atoms with Crippen molar-refractivity contribution < 1.29 is 9.76 Å². The van der Waals surface area contributed by atoms with Crippen LogP contribution in [0.2, 0.25) is 5.02 Å². The third-order valence-electron chi connectivity index (χ3n) is 4.62. The van der Waals surface area contributed by atoms with Crippen LogP contribution >= 0.6 is 11.6 Å². The molecule has 32 heavy (non-hydrogen) atoms. The zero-order valence-corrected chi connectivity index (χ0v) is 17.7. The van der Waals surface area contributed by atoms with Crippen molar-refractivity contribution in [3.05, 3.63) is 91.7 Å². The van der Waals surface area contributed by atoms with E-state index in [2.05, 4.69) is 22.3 Å². The van der Waals surface area contributed by atoms with E-state index in [0.717, 1.165) is 5.56 Å². The van der Waals surface area contributed by atoms with Gasteiger partial charge in [-0.1, -0.05) is 28.9 Å². The summed E-state index contributed by atoms with van der Waals surface area (Å²) in [7, 11) is 0. The smallest absolute Gasteiger partial charge is 0.269 e. The summed E-state index contributed by atoms with van der Waals surface area (Å²) in [5, 5.41) is 34.5. The van der Waals surface area contributed by atoms with E-state index in [0.29, 0.717) is 33.1 Å². The first-order valence-electron chi connectivity index (χ1n) is 9.41. The van der Waals surface area contributed by atoms with Crippen molar-refractivity contribution in [2.24, 2.45) is 5.16 Å². The minimum Gasteiger partial charge on any atom is -0.391 e. The van der Waals surface area contributed by atoms with Gasteiger partial charge < -0.3 is 4.84 Å². The number of aromatic nitrogens is 1. The van der Waals surface area contributed by atoms with Crippen molar-refractivity contribution in [2.75, 3.05) is 0 Å². The molecular formula is C23H16ClN5O3. The first kappa shape index (κ1) is 22.4. The van der Waals surface area contributed by atoms with Crippen LogP contribution in [0.5, 0.6) is 0 Å². The fourth-order valence-corrected chi connectivity index (χ4v) is 3.20. The molecule has 0 fully saturated rings. The van der Waals surface area contributed by atoms with E-state index in [4.69, 9.17) is 16.4 Å². The highest BCUT2D eigenvalue weighted by atomic mass is 35.5. The number of nitro benzene ring substituents is 1. The molecule has 3 rings (SSSR count). The predicted octanol–water partition coefficient (Wildman–Crippen LogP) is 5.11. The SMILES string of the molecule is Cc1nc(CC=NOCc2ccc([N+](=O)[O-])cc2)c(C#N)c(-c2ccc(Cl)cc2)c1C#N. The standard InChI is InChI=1S/C23H16ClN5O3/c1-15-20(12-25)23(17-4-6-18(24)7-5-17)21(13-26)22(28-15)10-11-27-32-14-16-2-8-19(9-3-16)29(30)31/h2-9,11H,10,14H2,1H3. The summed E-state index contributed by atoms with van der Waals surface area (Å²) in [6, 6.07) is 17.2. The number of hydrogen-bond donors (Lipinski definition) is 0. The maximum absolute atomic E-state index is 10.7. The number of aryl methyl sites for hydroxylation is 1. The second kappa shape index (κ2) is 10.2. The number of nitrogens with zero attached hydrogens (tertiary/aromatic N) is 5. The molecular weight excluding hydrogens is 430 g/mol. The Morgan fingerprint density at radius 1 is 1.12 bits per heavy atom. The predicted molar refractivity (Wildman–Crippen MR) is 119 cm³/mol. The van der Waals surface area contributed by atoms with Crippen LogP contribution in [-0.2, 0) is 17.9 Å². The lowest BCUT2D eigenvalue weighted by molar-refractivity contribution is -0.384. The molecule has 0 aliphatic heterocycles. The third-order valence-corrected chi connectivity index (χ3v) is 4.87. The second-order valence-electron chi connectivity index (χ2n) is 6.69. The lowest BCUT2D eigenvalue weighted by Crippen LogP contribution is -2.05. The molecule has 0 saturated heterocycles. The summed E-state index contributed by atoms with van der Waals surface area (Å²) in [6.45, 7) is 1.85. The second-order valence-corrected chi connectivity index (χ2v) is 7.12. The van der Waals surface area contributed by atoms with E-state index in [1.165, 1.54) is 18.3 Å². The Bertz CT molecular complexity index is 1260. The zero-order chi connectivity index (χ0) is 23.1. The fraction of sp³-hybridized carbons (Fsp3) is 0.130. The number of pyridine rings is 1. The van der Waals surface area contributed by atoms with E-state index in [9.17, 15) is 20.6 Å². The molecule has 0 unspecified atom stereocenters. The molecule has 9 heteroatoms. The van der Waals surface area contributed by atoms with Crippen molar-refractivity contribution in [2.45, 2.75) is 20.0 Å². The molecule has 0 atom stereocenters. The molecule has 0 saturated carbocycles. The maximum Gasteiger partial charge on any atom is 0.269 e. The highest BCUT2D eigenvalue weighted by molar-refractivity contribution is 6.30. The van der Waals surface area contributed by atoms with Gasteiger partial charge in [0.1, 0.15) is 18.7 Å². The Balaban J connectivity index is 1.79. The lowest BCUT2D eigenvalue weighted by Gasteiger charge is -2.12. The van der Waals surface area contributed by atoms with Crippen LogP contribution in [0.25, 0.3) is 11.1 Å². The highest BCUT2D eigenvalue weighted by Crippen LogP contribution is 2.31. The van der Waals surface area contributed by atoms with Crippen LogP contribution in [0.15, 0.2) is 53.7 Å². The Hall–Kier alpha value is -4.27. The van der Waals surface area contributed by atoms with Crippen molar-refractivity contribution in [3.63, 3.8) is 0 Å². The fourth-order valence-electron chi connectivity index (χ4n) is 3.08. The monoisotopic (exact) mass is 445 g/mol. The van der Waals surface area contributed by atoms with Gasteiger partial charge >= 0.3 is 0 Å². The summed E-state index contributed by atoms with van der Waals surface area (Å²) in [5.74, 6) is 0. The Morgan fingerprint density at radius 2 is 1.78 bits per heavy atom. The Morgan fingerprint density at radius 3 is 2.38 bits per heavy atom. The molecule has 0 bridgehead atoms. The average molecular weight is 446 g/mol. The lowest BCUT2D eigenvalue weighted by atomic mass is 9.93. The zero-order valence-electron chi connectivity index (χ0n) is 16.9. The van der Waals surface area contributed by atoms with Gasteiger partial charge in [0.25, 0.3) is 5.69 Å². The third kappa shape index (κ3) is 5.07. The molecule has 0 aliphatic carbocycles. The minimum absolute atomic E-state index is 0.0000332. The number of halogens is 1. The molecule has 0 spiro atoms. The van der Waals surface area contributed by atoms with Crippen LogP contribution < -0.4 is 0 Å². The summed E-state index contributed by atoms with van der Waals surface area (Å²) in [6.07, 6.45) is 1.70. The number of rotatable bonds is 7. The van der Waals surface area contributed by atoms with E-state index in [1.807, 2.05) is 0 Å². The van der Waals surface area contributed by atoms with Crippen molar-refractivity contribution in [1.82, 2.24) is 4.98 Å². The molecule has 2 aromatic carbocycles. The number of nitro groups is 1. The molecule has 0 aliphatic rings. The normalized spacial score (nSPS) is 10.5. The molecule has 8 nitrogen and oxygen atoms in total. The highest BCUT2D eigenvalue weighted by Gasteiger charge is 2.19.